The van der Waals surface area contributed by atoms with Gasteiger partial charge in [0.25, 0.3) is 0 Å². The SMILES string of the molecule is CC=CN1C=CN(CC)C1. The van der Waals surface area contributed by atoms with Crippen LogP contribution in [0, 0.1) is 0 Å². The summed E-state index contributed by atoms with van der Waals surface area (Å²) in [6.45, 7) is 6.28. The molecule has 0 N–H and O–H groups in total. The molecule has 0 spiro atoms. The van der Waals surface area contributed by atoms with E-state index in [0.29, 0.717) is 0 Å². The molecule has 0 saturated heterocycles. The third-order valence-electron chi connectivity index (χ3n) is 1.56. The van der Waals surface area contributed by atoms with Crippen LogP contribution >= 0.6 is 0 Å². The molecule has 0 atom stereocenters. The molecule has 2 heteroatoms. The summed E-state index contributed by atoms with van der Waals surface area (Å²) in [6.07, 6.45) is 8.32. The molecule has 0 fully saturated rings. The minimum Gasteiger partial charge on any atom is -0.359 e. The van der Waals surface area contributed by atoms with Crippen molar-refractivity contribution in [1.82, 2.24) is 9.80 Å². The van der Waals surface area contributed by atoms with Crippen LogP contribution in [0.5, 0.6) is 0 Å². The molecule has 1 aliphatic rings. The molecule has 0 bridgehead atoms. The molecule has 56 valence electrons. The van der Waals surface area contributed by atoms with Crippen LogP contribution in [0.4, 0.5) is 0 Å². The summed E-state index contributed by atoms with van der Waals surface area (Å²) in [6, 6.07) is 0. The van der Waals surface area contributed by atoms with E-state index in [0.717, 1.165) is 13.2 Å². The molecule has 10 heavy (non-hydrogen) atoms. The third-order valence-corrected chi connectivity index (χ3v) is 1.56. The minimum absolute atomic E-state index is 1.00. The Balaban J connectivity index is 2.37. The van der Waals surface area contributed by atoms with Gasteiger partial charge in [-0.05, 0) is 13.8 Å². The molecule has 0 amide bonds. The first-order valence-corrected chi connectivity index (χ1v) is 3.67. The normalized spacial score (nSPS) is 17.8. The first kappa shape index (κ1) is 7.19. The molecule has 2 nitrogen and oxygen atoms in total. The van der Waals surface area contributed by atoms with Crippen LogP contribution in [-0.2, 0) is 0 Å². The topological polar surface area (TPSA) is 6.48 Å². The van der Waals surface area contributed by atoms with Crippen molar-refractivity contribution >= 4 is 0 Å². The summed E-state index contributed by atoms with van der Waals surface area (Å²) in [7, 11) is 0. The van der Waals surface area contributed by atoms with E-state index in [4.69, 9.17) is 0 Å². The van der Waals surface area contributed by atoms with E-state index in [9.17, 15) is 0 Å². The molecule has 0 saturated carbocycles. The molecular formula is C8H14N2. The molecule has 0 aromatic heterocycles. The van der Waals surface area contributed by atoms with Crippen molar-refractivity contribution in [3.8, 4) is 0 Å². The second-order valence-corrected chi connectivity index (χ2v) is 2.34. The average Bonchev–Trinajstić information content (AvgIpc) is 2.37. The largest absolute Gasteiger partial charge is 0.359 e. The van der Waals surface area contributed by atoms with Gasteiger partial charge in [-0.15, -0.1) is 0 Å². The zero-order valence-corrected chi connectivity index (χ0v) is 6.62. The van der Waals surface area contributed by atoms with Crippen LogP contribution in [-0.4, -0.2) is 23.0 Å². The van der Waals surface area contributed by atoms with Gasteiger partial charge in [-0.1, -0.05) is 6.08 Å². The highest BCUT2D eigenvalue weighted by Crippen LogP contribution is 2.05. The second-order valence-electron chi connectivity index (χ2n) is 2.34. The molecule has 0 radical (unpaired) electrons. The van der Waals surface area contributed by atoms with Crippen molar-refractivity contribution in [2.75, 3.05) is 13.2 Å². The quantitative estimate of drug-likeness (QED) is 0.571. The Bertz CT molecular complexity index is 149. The number of nitrogens with zero attached hydrogens (tertiary/aromatic N) is 2. The fourth-order valence-electron chi connectivity index (χ4n) is 0.978. The minimum atomic E-state index is 1.00. The fourth-order valence-corrected chi connectivity index (χ4v) is 0.978. The van der Waals surface area contributed by atoms with Gasteiger partial charge in [0.2, 0.25) is 0 Å². The summed E-state index contributed by atoms with van der Waals surface area (Å²) in [5.74, 6) is 0. The lowest BCUT2D eigenvalue weighted by Crippen LogP contribution is -2.21. The lowest BCUT2D eigenvalue weighted by Gasteiger charge is -2.15. The van der Waals surface area contributed by atoms with Crippen molar-refractivity contribution in [1.29, 1.82) is 0 Å². The van der Waals surface area contributed by atoms with Gasteiger partial charge in [-0.3, -0.25) is 0 Å². The number of hydrogen-bond donors (Lipinski definition) is 0. The van der Waals surface area contributed by atoms with Crippen molar-refractivity contribution in [3.05, 3.63) is 24.7 Å². The van der Waals surface area contributed by atoms with E-state index in [1.54, 1.807) is 0 Å². The van der Waals surface area contributed by atoms with Gasteiger partial charge < -0.3 is 9.80 Å². The highest BCUT2D eigenvalue weighted by Gasteiger charge is 2.05. The van der Waals surface area contributed by atoms with Crippen LogP contribution in [0.15, 0.2) is 24.7 Å². The smallest absolute Gasteiger partial charge is 0.0935 e. The van der Waals surface area contributed by atoms with Gasteiger partial charge >= 0.3 is 0 Å². The third kappa shape index (κ3) is 1.53. The van der Waals surface area contributed by atoms with Crippen LogP contribution in [0.2, 0.25) is 0 Å². The number of rotatable bonds is 2. The van der Waals surface area contributed by atoms with E-state index >= 15 is 0 Å². The summed E-state index contributed by atoms with van der Waals surface area (Å²) >= 11 is 0. The highest BCUT2D eigenvalue weighted by atomic mass is 15.3. The van der Waals surface area contributed by atoms with E-state index in [1.165, 1.54) is 0 Å². The van der Waals surface area contributed by atoms with E-state index < -0.39 is 0 Å². The van der Waals surface area contributed by atoms with Crippen molar-refractivity contribution in [2.24, 2.45) is 0 Å². The van der Waals surface area contributed by atoms with Crippen LogP contribution in [0.3, 0.4) is 0 Å². The maximum absolute atomic E-state index is 2.25. The van der Waals surface area contributed by atoms with Crippen LogP contribution in [0.1, 0.15) is 13.8 Å². The Morgan fingerprint density at radius 2 is 2.30 bits per heavy atom. The lowest BCUT2D eigenvalue weighted by atomic mass is 10.6. The number of hydrogen-bond acceptors (Lipinski definition) is 2. The van der Waals surface area contributed by atoms with Gasteiger partial charge in [-0.25, -0.2) is 0 Å². The summed E-state index contributed by atoms with van der Waals surface area (Å²) in [5, 5.41) is 0. The van der Waals surface area contributed by atoms with Crippen LogP contribution in [0.25, 0.3) is 0 Å². The Morgan fingerprint density at radius 3 is 2.80 bits per heavy atom. The van der Waals surface area contributed by atoms with Gasteiger partial charge in [0.05, 0.1) is 6.67 Å². The average molecular weight is 138 g/mol. The van der Waals surface area contributed by atoms with Gasteiger partial charge in [0.1, 0.15) is 0 Å². The standard InChI is InChI=1S/C8H14N2/c1-3-5-10-7-6-9(4-2)8-10/h3,5-7H,4,8H2,1-2H3. The first-order valence-electron chi connectivity index (χ1n) is 3.67. The Hall–Kier alpha value is -0.920. The monoisotopic (exact) mass is 138 g/mol. The first-order chi connectivity index (χ1) is 4.86. The summed E-state index contributed by atoms with van der Waals surface area (Å²) in [5.41, 5.74) is 0. The van der Waals surface area contributed by atoms with Gasteiger partial charge in [-0.2, -0.15) is 0 Å². The summed E-state index contributed by atoms with van der Waals surface area (Å²) < 4.78 is 0. The Morgan fingerprint density at radius 1 is 1.50 bits per heavy atom. The second kappa shape index (κ2) is 3.30. The van der Waals surface area contributed by atoms with E-state index in [1.807, 2.05) is 13.0 Å². The predicted molar refractivity (Wildman–Crippen MR) is 43.0 cm³/mol. The predicted octanol–water partition coefficient (Wildman–Crippen LogP) is 1.59. The molecule has 1 aliphatic heterocycles. The van der Waals surface area contributed by atoms with Crippen molar-refractivity contribution < 1.29 is 0 Å². The molecule has 0 aliphatic carbocycles. The summed E-state index contributed by atoms with van der Waals surface area (Å²) in [4.78, 5) is 4.41. The van der Waals surface area contributed by atoms with Crippen molar-refractivity contribution in [3.63, 3.8) is 0 Å². The van der Waals surface area contributed by atoms with Crippen LogP contribution < -0.4 is 0 Å². The van der Waals surface area contributed by atoms with Gasteiger partial charge in [0, 0.05) is 25.1 Å². The Kier molecular flexibility index (Phi) is 2.37. The van der Waals surface area contributed by atoms with Crippen molar-refractivity contribution in [2.45, 2.75) is 13.8 Å². The zero-order chi connectivity index (χ0) is 7.40. The van der Waals surface area contributed by atoms with E-state index in [-0.39, 0.29) is 0 Å². The van der Waals surface area contributed by atoms with Gasteiger partial charge in [0.15, 0.2) is 0 Å². The highest BCUT2D eigenvalue weighted by molar-refractivity contribution is 4.96. The Labute approximate surface area is 62.4 Å². The maximum atomic E-state index is 2.25. The zero-order valence-electron chi connectivity index (χ0n) is 6.62. The molecular weight excluding hydrogens is 124 g/mol. The maximum Gasteiger partial charge on any atom is 0.0935 e. The molecule has 0 aromatic carbocycles. The molecule has 0 unspecified atom stereocenters. The lowest BCUT2D eigenvalue weighted by molar-refractivity contribution is 0.327. The fraction of sp³-hybridized carbons (Fsp3) is 0.500. The molecule has 1 rings (SSSR count). The number of allylic oxidation sites excluding steroid dienone is 1. The van der Waals surface area contributed by atoms with E-state index in [2.05, 4.69) is 35.3 Å². The molecule has 1 heterocycles. The molecule has 0 aromatic rings.